The number of halogens is 1. The highest BCUT2D eigenvalue weighted by Gasteiger charge is 2.20. The van der Waals surface area contributed by atoms with Crippen molar-refractivity contribution in [2.45, 2.75) is 12.6 Å². The molecule has 0 aliphatic heterocycles. The monoisotopic (exact) mass is 307 g/mol. The van der Waals surface area contributed by atoms with Crippen LogP contribution in [0.4, 0.5) is 0 Å². The van der Waals surface area contributed by atoms with Gasteiger partial charge in [-0.3, -0.25) is 4.79 Å². The number of benzene rings is 2. The lowest BCUT2D eigenvalue weighted by Crippen LogP contribution is -2.23. The third kappa shape index (κ3) is 4.48. The fraction of sp³-hybridized carbons (Fsp3) is 0.188. The molecule has 21 heavy (non-hydrogen) atoms. The van der Waals surface area contributed by atoms with Gasteiger partial charge in [-0.05, 0) is 11.6 Å². The average molecular weight is 308 g/mol. The van der Waals surface area contributed by atoms with Gasteiger partial charge in [0.2, 0.25) is 0 Å². The topological polar surface area (TPSA) is 61.5 Å². The summed E-state index contributed by atoms with van der Waals surface area (Å²) < 4.78 is 10.4. The van der Waals surface area contributed by atoms with Crippen LogP contribution in [0.1, 0.15) is 17.2 Å². The Kier molecular flexibility index (Phi) is 6.72. The highest BCUT2D eigenvalue weighted by molar-refractivity contribution is 5.85. The van der Waals surface area contributed by atoms with E-state index in [1.165, 1.54) is 7.11 Å². The molecular weight excluding hydrogens is 290 g/mol. The van der Waals surface area contributed by atoms with Crippen LogP contribution in [0.25, 0.3) is 0 Å². The van der Waals surface area contributed by atoms with E-state index in [0.717, 1.165) is 5.56 Å². The van der Waals surface area contributed by atoms with Gasteiger partial charge in [-0.15, -0.1) is 12.4 Å². The second-order valence-electron chi connectivity index (χ2n) is 4.31. The van der Waals surface area contributed by atoms with Gasteiger partial charge in [0, 0.05) is 5.56 Å². The maximum Gasteiger partial charge on any atom is 0.327 e. The SMILES string of the molecule is COC(=O)[C@@H](N)c1ccccc1OCc1ccccc1.Cl. The van der Waals surface area contributed by atoms with Crippen molar-refractivity contribution in [2.75, 3.05) is 7.11 Å². The maximum atomic E-state index is 11.5. The van der Waals surface area contributed by atoms with Crippen LogP contribution in [0.3, 0.4) is 0 Å². The van der Waals surface area contributed by atoms with E-state index in [9.17, 15) is 4.79 Å². The number of para-hydroxylation sites is 1. The molecule has 5 heteroatoms. The number of nitrogens with two attached hydrogens (primary N) is 1. The Morgan fingerprint density at radius 1 is 1.10 bits per heavy atom. The smallest absolute Gasteiger partial charge is 0.327 e. The minimum absolute atomic E-state index is 0. The lowest BCUT2D eigenvalue weighted by molar-refractivity contribution is -0.142. The molecule has 0 aliphatic rings. The predicted octanol–water partition coefficient (Wildman–Crippen LogP) is 2.86. The quantitative estimate of drug-likeness (QED) is 0.863. The molecule has 0 bridgehead atoms. The first-order chi connectivity index (χ1) is 9.72. The Morgan fingerprint density at radius 2 is 1.71 bits per heavy atom. The summed E-state index contributed by atoms with van der Waals surface area (Å²) in [5.74, 6) is 0.106. The predicted molar refractivity (Wildman–Crippen MR) is 83.4 cm³/mol. The van der Waals surface area contributed by atoms with Crippen LogP contribution in [0.15, 0.2) is 54.6 Å². The molecule has 0 heterocycles. The van der Waals surface area contributed by atoms with E-state index in [0.29, 0.717) is 17.9 Å². The summed E-state index contributed by atoms with van der Waals surface area (Å²) in [6, 6.07) is 16.2. The highest BCUT2D eigenvalue weighted by atomic mass is 35.5. The van der Waals surface area contributed by atoms with Crippen LogP contribution >= 0.6 is 12.4 Å². The number of hydrogen-bond acceptors (Lipinski definition) is 4. The zero-order valence-electron chi connectivity index (χ0n) is 11.7. The maximum absolute atomic E-state index is 11.5. The van der Waals surface area contributed by atoms with Crippen molar-refractivity contribution in [3.8, 4) is 5.75 Å². The van der Waals surface area contributed by atoms with Gasteiger partial charge in [-0.1, -0.05) is 48.5 Å². The number of carbonyl (C=O) groups is 1. The van der Waals surface area contributed by atoms with Crippen molar-refractivity contribution in [2.24, 2.45) is 5.73 Å². The molecule has 2 rings (SSSR count). The Morgan fingerprint density at radius 3 is 2.38 bits per heavy atom. The molecule has 0 saturated heterocycles. The Hall–Kier alpha value is -2.04. The minimum atomic E-state index is -0.841. The van der Waals surface area contributed by atoms with Crippen molar-refractivity contribution < 1.29 is 14.3 Å². The Labute approximate surface area is 130 Å². The van der Waals surface area contributed by atoms with Crippen molar-refractivity contribution >= 4 is 18.4 Å². The Bertz CT molecular complexity index is 575. The van der Waals surface area contributed by atoms with Crippen molar-refractivity contribution in [3.05, 3.63) is 65.7 Å². The minimum Gasteiger partial charge on any atom is -0.489 e. The van der Waals surface area contributed by atoms with E-state index in [1.807, 2.05) is 42.5 Å². The molecule has 1 atom stereocenters. The summed E-state index contributed by atoms with van der Waals surface area (Å²) in [6.45, 7) is 0.422. The number of carbonyl (C=O) groups excluding carboxylic acids is 1. The van der Waals surface area contributed by atoms with E-state index >= 15 is 0 Å². The third-order valence-corrected chi connectivity index (χ3v) is 2.95. The van der Waals surface area contributed by atoms with E-state index < -0.39 is 12.0 Å². The summed E-state index contributed by atoms with van der Waals surface area (Å²) in [5, 5.41) is 0. The van der Waals surface area contributed by atoms with Gasteiger partial charge < -0.3 is 15.2 Å². The fourth-order valence-electron chi connectivity index (χ4n) is 1.86. The lowest BCUT2D eigenvalue weighted by Gasteiger charge is -2.15. The first-order valence-electron chi connectivity index (χ1n) is 6.31. The second kappa shape index (κ2) is 8.29. The van der Waals surface area contributed by atoms with Crippen LogP contribution in [-0.4, -0.2) is 13.1 Å². The zero-order valence-corrected chi connectivity index (χ0v) is 12.5. The molecular formula is C16H18ClNO3. The Balaban J connectivity index is 0.00000220. The van der Waals surface area contributed by atoms with Crippen LogP contribution in [0, 0.1) is 0 Å². The largest absolute Gasteiger partial charge is 0.489 e. The first kappa shape index (κ1) is 17.0. The third-order valence-electron chi connectivity index (χ3n) is 2.95. The molecule has 0 amide bonds. The fourth-order valence-corrected chi connectivity index (χ4v) is 1.86. The van der Waals surface area contributed by atoms with Gasteiger partial charge in [-0.2, -0.15) is 0 Å². The van der Waals surface area contributed by atoms with Crippen LogP contribution in [0.2, 0.25) is 0 Å². The highest BCUT2D eigenvalue weighted by Crippen LogP contribution is 2.25. The van der Waals surface area contributed by atoms with Crippen LogP contribution in [-0.2, 0) is 16.1 Å². The van der Waals surface area contributed by atoms with Gasteiger partial charge in [0.1, 0.15) is 18.4 Å². The molecule has 0 fully saturated rings. The molecule has 0 aliphatic carbocycles. The molecule has 0 unspecified atom stereocenters. The zero-order chi connectivity index (χ0) is 14.4. The van der Waals surface area contributed by atoms with Crippen LogP contribution < -0.4 is 10.5 Å². The summed E-state index contributed by atoms with van der Waals surface area (Å²) in [5.41, 5.74) is 7.53. The molecule has 4 nitrogen and oxygen atoms in total. The van der Waals surface area contributed by atoms with E-state index in [4.69, 9.17) is 10.5 Å². The van der Waals surface area contributed by atoms with Gasteiger partial charge in [0.25, 0.3) is 0 Å². The van der Waals surface area contributed by atoms with Gasteiger partial charge in [-0.25, -0.2) is 0 Å². The summed E-state index contributed by atoms with van der Waals surface area (Å²) >= 11 is 0. The average Bonchev–Trinajstić information content (AvgIpc) is 2.52. The van der Waals surface area contributed by atoms with Gasteiger partial charge in [0.05, 0.1) is 7.11 Å². The summed E-state index contributed by atoms with van der Waals surface area (Å²) in [6.07, 6.45) is 0. The summed E-state index contributed by atoms with van der Waals surface area (Å²) in [7, 11) is 1.32. The number of ether oxygens (including phenoxy) is 2. The number of hydrogen-bond donors (Lipinski definition) is 1. The second-order valence-corrected chi connectivity index (χ2v) is 4.31. The molecule has 2 N–H and O–H groups in total. The molecule has 0 aromatic heterocycles. The molecule has 0 saturated carbocycles. The normalized spacial score (nSPS) is 11.1. The van der Waals surface area contributed by atoms with Crippen molar-refractivity contribution in [3.63, 3.8) is 0 Å². The van der Waals surface area contributed by atoms with E-state index in [-0.39, 0.29) is 12.4 Å². The van der Waals surface area contributed by atoms with Crippen molar-refractivity contribution in [1.82, 2.24) is 0 Å². The molecule has 0 radical (unpaired) electrons. The standard InChI is InChI=1S/C16H17NO3.ClH/c1-19-16(18)15(17)13-9-5-6-10-14(13)20-11-12-7-3-2-4-8-12;/h2-10,15H,11,17H2,1H3;1H/t15-;/m0./s1. The molecule has 2 aromatic carbocycles. The first-order valence-corrected chi connectivity index (χ1v) is 6.31. The molecule has 2 aromatic rings. The summed E-state index contributed by atoms with van der Waals surface area (Å²) in [4.78, 5) is 11.5. The van der Waals surface area contributed by atoms with E-state index in [2.05, 4.69) is 4.74 Å². The number of esters is 1. The number of rotatable bonds is 5. The van der Waals surface area contributed by atoms with Gasteiger partial charge in [0.15, 0.2) is 0 Å². The van der Waals surface area contributed by atoms with E-state index in [1.54, 1.807) is 12.1 Å². The molecule has 112 valence electrons. The van der Waals surface area contributed by atoms with Gasteiger partial charge >= 0.3 is 5.97 Å². The molecule has 0 spiro atoms. The van der Waals surface area contributed by atoms with Crippen LogP contribution in [0.5, 0.6) is 5.75 Å². The lowest BCUT2D eigenvalue weighted by atomic mass is 10.1. The van der Waals surface area contributed by atoms with Crippen molar-refractivity contribution in [1.29, 1.82) is 0 Å². The number of methoxy groups -OCH3 is 1.